The molecular formula is C21H16N4OS. The monoisotopic (exact) mass is 372 g/mol. The van der Waals surface area contributed by atoms with Gasteiger partial charge in [-0.2, -0.15) is 0 Å². The third kappa shape index (κ3) is 3.61. The Balaban J connectivity index is 1.69. The first-order chi connectivity index (χ1) is 13.2. The zero-order valence-electron chi connectivity index (χ0n) is 14.6. The second-order valence-electron chi connectivity index (χ2n) is 5.91. The SMILES string of the molecule is Cc1csc(N(C(=O)c2cnc(-c3ccccc3)nc2)c2ccccc2)n1. The molecule has 6 heteroatoms. The van der Waals surface area contributed by atoms with E-state index in [0.717, 1.165) is 16.9 Å². The van der Waals surface area contributed by atoms with Gasteiger partial charge >= 0.3 is 0 Å². The van der Waals surface area contributed by atoms with E-state index in [0.29, 0.717) is 16.5 Å². The van der Waals surface area contributed by atoms with Crippen molar-refractivity contribution in [1.29, 1.82) is 0 Å². The summed E-state index contributed by atoms with van der Waals surface area (Å²) in [6, 6.07) is 19.1. The van der Waals surface area contributed by atoms with Crippen molar-refractivity contribution in [3.05, 3.63) is 89.7 Å². The molecule has 5 nitrogen and oxygen atoms in total. The molecule has 0 aliphatic heterocycles. The van der Waals surface area contributed by atoms with Crippen molar-refractivity contribution in [3.63, 3.8) is 0 Å². The van der Waals surface area contributed by atoms with Gasteiger partial charge in [0, 0.05) is 23.3 Å². The number of thiazole rings is 1. The van der Waals surface area contributed by atoms with Gasteiger partial charge in [-0.25, -0.2) is 15.0 Å². The summed E-state index contributed by atoms with van der Waals surface area (Å²) in [7, 11) is 0. The highest BCUT2D eigenvalue weighted by Crippen LogP contribution is 2.30. The minimum Gasteiger partial charge on any atom is -0.268 e. The van der Waals surface area contributed by atoms with Crippen molar-refractivity contribution in [3.8, 4) is 11.4 Å². The molecule has 0 spiro atoms. The lowest BCUT2D eigenvalue weighted by molar-refractivity contribution is 0.0998. The molecule has 1 amide bonds. The summed E-state index contributed by atoms with van der Waals surface area (Å²) in [5.41, 5.74) is 2.95. The van der Waals surface area contributed by atoms with Crippen LogP contribution in [0.3, 0.4) is 0 Å². The van der Waals surface area contributed by atoms with Gasteiger partial charge in [-0.3, -0.25) is 9.69 Å². The van der Waals surface area contributed by atoms with Gasteiger partial charge in [0.05, 0.1) is 16.9 Å². The number of benzene rings is 2. The Kier molecular flexibility index (Phi) is 4.72. The highest BCUT2D eigenvalue weighted by molar-refractivity contribution is 7.14. The Morgan fingerprint density at radius 2 is 1.56 bits per heavy atom. The van der Waals surface area contributed by atoms with E-state index in [4.69, 9.17) is 0 Å². The van der Waals surface area contributed by atoms with Gasteiger partial charge in [0.15, 0.2) is 11.0 Å². The van der Waals surface area contributed by atoms with Crippen LogP contribution in [0.2, 0.25) is 0 Å². The average molecular weight is 372 g/mol. The molecular weight excluding hydrogens is 356 g/mol. The first-order valence-corrected chi connectivity index (χ1v) is 9.29. The largest absolute Gasteiger partial charge is 0.268 e. The molecule has 27 heavy (non-hydrogen) atoms. The maximum Gasteiger partial charge on any atom is 0.267 e. The number of anilines is 2. The molecule has 0 fully saturated rings. The molecule has 0 unspecified atom stereocenters. The lowest BCUT2D eigenvalue weighted by Gasteiger charge is -2.19. The van der Waals surface area contributed by atoms with Crippen LogP contribution in [0.15, 0.2) is 78.4 Å². The lowest BCUT2D eigenvalue weighted by Crippen LogP contribution is -2.26. The number of carbonyl (C=O) groups excluding carboxylic acids is 1. The zero-order valence-corrected chi connectivity index (χ0v) is 15.4. The second kappa shape index (κ2) is 7.47. The van der Waals surface area contributed by atoms with Crippen LogP contribution in [0, 0.1) is 6.92 Å². The Labute approximate surface area is 161 Å². The van der Waals surface area contributed by atoms with Crippen molar-refractivity contribution in [2.24, 2.45) is 0 Å². The fourth-order valence-corrected chi connectivity index (χ4v) is 3.46. The van der Waals surface area contributed by atoms with Crippen LogP contribution in [0.25, 0.3) is 11.4 Å². The number of rotatable bonds is 4. The quantitative estimate of drug-likeness (QED) is 0.512. The summed E-state index contributed by atoms with van der Waals surface area (Å²) in [4.78, 5) is 28.0. The van der Waals surface area contributed by atoms with Crippen molar-refractivity contribution in [2.45, 2.75) is 6.92 Å². The van der Waals surface area contributed by atoms with Gasteiger partial charge in [-0.05, 0) is 19.1 Å². The van der Waals surface area contributed by atoms with Crippen molar-refractivity contribution < 1.29 is 4.79 Å². The minimum atomic E-state index is -0.213. The highest BCUT2D eigenvalue weighted by atomic mass is 32.1. The molecule has 0 N–H and O–H groups in total. The summed E-state index contributed by atoms with van der Waals surface area (Å²) in [5, 5.41) is 2.55. The van der Waals surface area contributed by atoms with E-state index in [1.807, 2.05) is 73.0 Å². The lowest BCUT2D eigenvalue weighted by atomic mass is 10.2. The third-order valence-corrected chi connectivity index (χ3v) is 4.89. The number of para-hydroxylation sites is 1. The minimum absolute atomic E-state index is 0.213. The molecule has 0 atom stereocenters. The second-order valence-corrected chi connectivity index (χ2v) is 6.75. The Morgan fingerprint density at radius 1 is 0.926 bits per heavy atom. The smallest absolute Gasteiger partial charge is 0.267 e. The molecule has 0 bridgehead atoms. The van der Waals surface area contributed by atoms with E-state index in [1.54, 1.807) is 17.3 Å². The van der Waals surface area contributed by atoms with E-state index < -0.39 is 0 Å². The van der Waals surface area contributed by atoms with Gasteiger partial charge in [0.25, 0.3) is 5.91 Å². The Morgan fingerprint density at radius 3 is 2.15 bits per heavy atom. The van der Waals surface area contributed by atoms with E-state index in [1.165, 1.54) is 11.3 Å². The maximum atomic E-state index is 13.2. The van der Waals surface area contributed by atoms with Crippen molar-refractivity contribution in [2.75, 3.05) is 4.90 Å². The van der Waals surface area contributed by atoms with Crippen LogP contribution in [-0.2, 0) is 0 Å². The number of nitrogens with zero attached hydrogens (tertiary/aromatic N) is 4. The topological polar surface area (TPSA) is 59.0 Å². The summed E-state index contributed by atoms with van der Waals surface area (Å²) >= 11 is 1.43. The summed E-state index contributed by atoms with van der Waals surface area (Å²) in [6.45, 7) is 1.91. The van der Waals surface area contributed by atoms with Crippen LogP contribution in [0.5, 0.6) is 0 Å². The fraction of sp³-hybridized carbons (Fsp3) is 0.0476. The zero-order chi connectivity index (χ0) is 18.6. The number of aromatic nitrogens is 3. The van der Waals surface area contributed by atoms with E-state index in [9.17, 15) is 4.79 Å². The van der Waals surface area contributed by atoms with Gasteiger partial charge in [0.2, 0.25) is 0 Å². The fourth-order valence-electron chi connectivity index (χ4n) is 2.64. The van der Waals surface area contributed by atoms with Crippen LogP contribution in [0.1, 0.15) is 16.1 Å². The number of hydrogen-bond donors (Lipinski definition) is 0. The standard InChI is InChI=1S/C21H16N4OS/c1-15-14-27-21(24-15)25(18-10-6-3-7-11-18)20(26)17-12-22-19(23-13-17)16-8-4-2-5-9-16/h2-14H,1H3. The first kappa shape index (κ1) is 17.1. The summed E-state index contributed by atoms with van der Waals surface area (Å²) in [5.74, 6) is 0.374. The maximum absolute atomic E-state index is 13.2. The Bertz CT molecular complexity index is 1050. The predicted molar refractivity (Wildman–Crippen MR) is 107 cm³/mol. The predicted octanol–water partition coefficient (Wildman–Crippen LogP) is 4.89. The molecule has 0 aliphatic rings. The molecule has 0 aliphatic carbocycles. The molecule has 0 saturated carbocycles. The molecule has 2 heterocycles. The number of hydrogen-bond acceptors (Lipinski definition) is 5. The highest BCUT2D eigenvalue weighted by Gasteiger charge is 2.23. The summed E-state index contributed by atoms with van der Waals surface area (Å²) in [6.07, 6.45) is 3.13. The number of carbonyl (C=O) groups is 1. The molecule has 2 aromatic heterocycles. The molecule has 0 saturated heterocycles. The van der Waals surface area contributed by atoms with Crippen LogP contribution >= 0.6 is 11.3 Å². The van der Waals surface area contributed by atoms with Crippen LogP contribution in [0.4, 0.5) is 10.8 Å². The number of amides is 1. The number of aryl methyl sites for hydroxylation is 1. The normalized spacial score (nSPS) is 10.6. The van der Waals surface area contributed by atoms with E-state index >= 15 is 0 Å². The van der Waals surface area contributed by atoms with E-state index in [-0.39, 0.29) is 5.91 Å². The van der Waals surface area contributed by atoms with Crippen LogP contribution < -0.4 is 4.90 Å². The average Bonchev–Trinajstić information content (AvgIpc) is 3.15. The van der Waals surface area contributed by atoms with Crippen molar-refractivity contribution in [1.82, 2.24) is 15.0 Å². The van der Waals surface area contributed by atoms with E-state index in [2.05, 4.69) is 15.0 Å². The van der Waals surface area contributed by atoms with Crippen LogP contribution in [-0.4, -0.2) is 20.9 Å². The molecule has 2 aromatic carbocycles. The summed E-state index contributed by atoms with van der Waals surface area (Å²) < 4.78 is 0. The molecule has 4 aromatic rings. The molecule has 132 valence electrons. The Hall–Kier alpha value is -3.38. The molecule has 0 radical (unpaired) electrons. The van der Waals surface area contributed by atoms with Gasteiger partial charge in [-0.15, -0.1) is 11.3 Å². The van der Waals surface area contributed by atoms with Crippen molar-refractivity contribution >= 4 is 28.1 Å². The van der Waals surface area contributed by atoms with Gasteiger partial charge < -0.3 is 0 Å². The molecule has 4 rings (SSSR count). The first-order valence-electron chi connectivity index (χ1n) is 8.41. The third-order valence-electron chi connectivity index (χ3n) is 3.95. The van der Waals surface area contributed by atoms with Gasteiger partial charge in [0.1, 0.15) is 0 Å². The van der Waals surface area contributed by atoms with Gasteiger partial charge in [-0.1, -0.05) is 48.5 Å².